The Labute approximate surface area is 163 Å². The standard InChI is InChI=1S/C19H15FN6O3/c1-29-15-8-3-2-7-14(15)22-16(27)10-25-11-21-18-17(19(25)28)23-24-26(18)13-6-4-5-12(20)9-13/h2-9,11H,10H2,1H3,(H,22,27). The number of anilines is 1. The Morgan fingerprint density at radius 1 is 1.21 bits per heavy atom. The first kappa shape index (κ1) is 18.3. The monoisotopic (exact) mass is 394 g/mol. The Morgan fingerprint density at radius 3 is 2.83 bits per heavy atom. The summed E-state index contributed by atoms with van der Waals surface area (Å²) >= 11 is 0. The van der Waals surface area contributed by atoms with E-state index in [1.165, 1.54) is 36.3 Å². The number of ether oxygens (including phenoxy) is 1. The minimum atomic E-state index is -0.534. The zero-order valence-electron chi connectivity index (χ0n) is 15.2. The van der Waals surface area contributed by atoms with Crippen molar-refractivity contribution in [2.45, 2.75) is 6.54 Å². The molecule has 1 N–H and O–H groups in total. The lowest BCUT2D eigenvalue weighted by Gasteiger charge is -2.10. The number of nitrogens with one attached hydrogen (secondary N) is 1. The van der Waals surface area contributed by atoms with Gasteiger partial charge in [0.15, 0.2) is 11.2 Å². The minimum absolute atomic E-state index is 0.0261. The maximum absolute atomic E-state index is 13.5. The van der Waals surface area contributed by atoms with Gasteiger partial charge in [0, 0.05) is 0 Å². The van der Waals surface area contributed by atoms with Crippen molar-refractivity contribution in [1.29, 1.82) is 0 Å². The number of amides is 1. The number of para-hydroxylation sites is 2. The Bertz CT molecular complexity index is 1270. The van der Waals surface area contributed by atoms with E-state index in [-0.39, 0.29) is 17.7 Å². The van der Waals surface area contributed by atoms with Gasteiger partial charge in [0.2, 0.25) is 5.91 Å². The fraction of sp³-hybridized carbons (Fsp3) is 0.105. The molecule has 0 aliphatic carbocycles. The number of nitrogens with zero attached hydrogens (tertiary/aromatic N) is 5. The first-order chi connectivity index (χ1) is 14.1. The summed E-state index contributed by atoms with van der Waals surface area (Å²) in [6, 6.07) is 12.6. The molecule has 0 saturated heterocycles. The van der Waals surface area contributed by atoms with Crippen molar-refractivity contribution in [2.24, 2.45) is 0 Å². The smallest absolute Gasteiger partial charge is 0.284 e. The molecule has 0 atom stereocenters. The summed E-state index contributed by atoms with van der Waals surface area (Å²) < 4.78 is 21.1. The molecule has 0 aliphatic rings. The number of carbonyl (C=O) groups is 1. The molecule has 1 amide bonds. The normalized spacial score (nSPS) is 10.8. The molecule has 0 saturated carbocycles. The fourth-order valence-corrected chi connectivity index (χ4v) is 2.83. The van der Waals surface area contributed by atoms with Gasteiger partial charge in [-0.05, 0) is 30.3 Å². The molecule has 9 nitrogen and oxygen atoms in total. The number of halogens is 1. The van der Waals surface area contributed by atoms with E-state index in [2.05, 4.69) is 20.6 Å². The maximum atomic E-state index is 13.5. The number of hydrogen-bond donors (Lipinski definition) is 1. The van der Waals surface area contributed by atoms with Gasteiger partial charge in [-0.3, -0.25) is 14.2 Å². The number of rotatable bonds is 5. The predicted molar refractivity (Wildman–Crippen MR) is 103 cm³/mol. The highest BCUT2D eigenvalue weighted by molar-refractivity contribution is 5.92. The molecule has 29 heavy (non-hydrogen) atoms. The van der Waals surface area contributed by atoms with Crippen LogP contribution < -0.4 is 15.6 Å². The Kier molecular flexibility index (Phi) is 4.73. The summed E-state index contributed by atoms with van der Waals surface area (Å²) in [4.78, 5) is 29.2. The first-order valence-electron chi connectivity index (χ1n) is 8.56. The second-order valence-electron chi connectivity index (χ2n) is 6.08. The van der Waals surface area contributed by atoms with Crippen molar-refractivity contribution in [3.63, 3.8) is 0 Å². The quantitative estimate of drug-likeness (QED) is 0.553. The third-order valence-corrected chi connectivity index (χ3v) is 4.18. The molecule has 0 fully saturated rings. The van der Waals surface area contributed by atoms with Gasteiger partial charge in [-0.25, -0.2) is 9.37 Å². The van der Waals surface area contributed by atoms with Crippen LogP contribution in [-0.2, 0) is 11.3 Å². The van der Waals surface area contributed by atoms with Gasteiger partial charge in [-0.15, -0.1) is 5.10 Å². The highest BCUT2D eigenvalue weighted by atomic mass is 19.1. The Morgan fingerprint density at radius 2 is 2.03 bits per heavy atom. The molecule has 0 bridgehead atoms. The molecule has 146 valence electrons. The third-order valence-electron chi connectivity index (χ3n) is 4.18. The van der Waals surface area contributed by atoms with Crippen molar-refractivity contribution < 1.29 is 13.9 Å². The van der Waals surface area contributed by atoms with Crippen molar-refractivity contribution >= 4 is 22.8 Å². The van der Waals surface area contributed by atoms with Gasteiger partial charge in [0.25, 0.3) is 5.56 Å². The van der Waals surface area contributed by atoms with Gasteiger partial charge in [0.1, 0.15) is 24.4 Å². The van der Waals surface area contributed by atoms with Crippen LogP contribution in [0.1, 0.15) is 0 Å². The van der Waals surface area contributed by atoms with E-state index in [1.54, 1.807) is 30.3 Å². The average molecular weight is 394 g/mol. The summed E-state index contributed by atoms with van der Waals surface area (Å²) in [5, 5.41) is 10.4. The highest BCUT2D eigenvalue weighted by Crippen LogP contribution is 2.22. The van der Waals surface area contributed by atoms with Gasteiger partial charge in [-0.2, -0.15) is 4.68 Å². The Hall–Kier alpha value is -4.08. The first-order valence-corrected chi connectivity index (χ1v) is 8.56. The molecule has 0 spiro atoms. The molecule has 10 heteroatoms. The summed E-state index contributed by atoms with van der Waals surface area (Å²) in [7, 11) is 1.50. The summed E-state index contributed by atoms with van der Waals surface area (Å²) in [5.41, 5.74) is 0.474. The summed E-state index contributed by atoms with van der Waals surface area (Å²) in [6.07, 6.45) is 1.23. The van der Waals surface area contributed by atoms with Crippen molar-refractivity contribution in [3.8, 4) is 11.4 Å². The molecule has 4 aromatic rings. The van der Waals surface area contributed by atoms with Crippen LogP contribution in [0.2, 0.25) is 0 Å². The van der Waals surface area contributed by atoms with Gasteiger partial charge in [-0.1, -0.05) is 23.4 Å². The molecule has 2 aromatic carbocycles. The van der Waals surface area contributed by atoms with E-state index in [9.17, 15) is 14.0 Å². The second kappa shape index (κ2) is 7.50. The van der Waals surface area contributed by atoms with E-state index in [4.69, 9.17) is 4.74 Å². The lowest BCUT2D eigenvalue weighted by molar-refractivity contribution is -0.116. The van der Waals surface area contributed by atoms with Gasteiger partial charge in [0.05, 0.1) is 18.5 Å². The number of fused-ring (bicyclic) bond motifs is 1. The maximum Gasteiger partial charge on any atom is 0.284 e. The topological polar surface area (TPSA) is 104 Å². The summed E-state index contributed by atoms with van der Waals surface area (Å²) in [5.74, 6) is -0.386. The van der Waals surface area contributed by atoms with Crippen LogP contribution in [0.3, 0.4) is 0 Å². The number of hydrogen-bond acceptors (Lipinski definition) is 6. The van der Waals surface area contributed by atoms with Crippen molar-refractivity contribution in [2.75, 3.05) is 12.4 Å². The molecule has 2 heterocycles. The van der Waals surface area contributed by atoms with E-state index >= 15 is 0 Å². The predicted octanol–water partition coefficient (Wildman–Crippen LogP) is 1.76. The van der Waals surface area contributed by atoms with Crippen LogP contribution >= 0.6 is 0 Å². The van der Waals surface area contributed by atoms with Gasteiger partial charge < -0.3 is 10.1 Å². The van der Waals surface area contributed by atoms with Crippen LogP contribution in [0.5, 0.6) is 5.75 Å². The molecule has 0 aliphatic heterocycles. The second-order valence-corrected chi connectivity index (χ2v) is 6.08. The lowest BCUT2D eigenvalue weighted by atomic mass is 10.3. The number of aromatic nitrogens is 5. The number of benzene rings is 2. The minimum Gasteiger partial charge on any atom is -0.495 e. The van der Waals surface area contributed by atoms with Crippen LogP contribution in [-0.4, -0.2) is 37.6 Å². The SMILES string of the molecule is COc1ccccc1NC(=O)Cn1cnc2c(nnn2-c2cccc(F)c2)c1=O. The van der Waals surface area contributed by atoms with Crippen LogP contribution in [0.25, 0.3) is 16.9 Å². The molecular formula is C19H15FN6O3. The average Bonchev–Trinajstić information content (AvgIpc) is 3.15. The number of methoxy groups -OCH3 is 1. The number of carbonyl (C=O) groups excluding carboxylic acids is 1. The Balaban J connectivity index is 1.62. The summed E-state index contributed by atoms with van der Waals surface area (Å²) in [6.45, 7) is -0.271. The molecule has 4 rings (SSSR count). The van der Waals surface area contributed by atoms with E-state index in [0.29, 0.717) is 17.1 Å². The van der Waals surface area contributed by atoms with Crippen LogP contribution in [0.15, 0.2) is 59.7 Å². The molecule has 0 radical (unpaired) electrons. The third kappa shape index (κ3) is 3.55. The van der Waals surface area contributed by atoms with E-state index in [0.717, 1.165) is 4.57 Å². The zero-order chi connectivity index (χ0) is 20.4. The van der Waals surface area contributed by atoms with Gasteiger partial charge >= 0.3 is 0 Å². The zero-order valence-corrected chi connectivity index (χ0v) is 15.2. The fourth-order valence-electron chi connectivity index (χ4n) is 2.83. The molecule has 2 aromatic heterocycles. The van der Waals surface area contributed by atoms with Crippen molar-refractivity contribution in [1.82, 2.24) is 24.5 Å². The van der Waals surface area contributed by atoms with E-state index in [1.807, 2.05) is 0 Å². The molecular weight excluding hydrogens is 379 g/mol. The van der Waals surface area contributed by atoms with Crippen molar-refractivity contribution in [3.05, 3.63) is 71.0 Å². The highest BCUT2D eigenvalue weighted by Gasteiger charge is 2.15. The largest absolute Gasteiger partial charge is 0.495 e. The van der Waals surface area contributed by atoms with Crippen LogP contribution in [0, 0.1) is 5.82 Å². The molecule has 0 unspecified atom stereocenters. The van der Waals surface area contributed by atoms with E-state index < -0.39 is 17.3 Å². The van der Waals surface area contributed by atoms with Crippen LogP contribution in [0.4, 0.5) is 10.1 Å². The lowest BCUT2D eigenvalue weighted by Crippen LogP contribution is -2.28.